The Morgan fingerprint density at radius 1 is 1.18 bits per heavy atom. The summed E-state index contributed by atoms with van der Waals surface area (Å²) in [7, 11) is 3.90. The minimum atomic E-state index is -0.307. The molecule has 3 heterocycles. The number of ether oxygens (including phenoxy) is 1. The molecule has 4 aromatic rings. The minimum Gasteiger partial charge on any atom is -0.484 e. The van der Waals surface area contributed by atoms with Gasteiger partial charge in [-0.25, -0.2) is 14.4 Å². The smallest absolute Gasteiger partial charge is 0.257 e. The number of carbonyl (C=O) groups is 1. The lowest BCUT2D eigenvalue weighted by Gasteiger charge is -2.31. The van der Waals surface area contributed by atoms with E-state index < -0.39 is 0 Å². The molecule has 11 heteroatoms. The van der Waals surface area contributed by atoms with Crippen LogP contribution in [-0.4, -0.2) is 78.2 Å². The van der Waals surface area contributed by atoms with Gasteiger partial charge in [-0.3, -0.25) is 4.79 Å². The summed E-state index contributed by atoms with van der Waals surface area (Å²) in [6, 6.07) is 14.0. The highest BCUT2D eigenvalue weighted by Crippen LogP contribution is 2.35. The number of nitrogens with one attached hydrogen (secondary N) is 4. The molecule has 40 heavy (non-hydrogen) atoms. The number of H-pyrrole nitrogens is 1. The molecular formula is C29H33ClFN7O2. The van der Waals surface area contributed by atoms with Crippen LogP contribution in [-0.2, 0) is 11.2 Å². The Morgan fingerprint density at radius 3 is 2.65 bits per heavy atom. The van der Waals surface area contributed by atoms with Crippen LogP contribution in [0, 0.1) is 5.82 Å². The monoisotopic (exact) mass is 565 g/mol. The number of hydrogen-bond donors (Lipinski definition) is 4. The van der Waals surface area contributed by atoms with Crippen molar-refractivity contribution < 1.29 is 13.9 Å². The van der Waals surface area contributed by atoms with Crippen LogP contribution in [0.1, 0.15) is 12.0 Å². The summed E-state index contributed by atoms with van der Waals surface area (Å²) in [5.74, 6) is 0.807. The minimum absolute atomic E-state index is 0.0522. The molecule has 5 rings (SSSR count). The molecule has 0 unspecified atom stereocenters. The highest BCUT2D eigenvalue weighted by molar-refractivity contribution is 6.34. The van der Waals surface area contributed by atoms with Crippen LogP contribution >= 0.6 is 11.6 Å². The average molecular weight is 566 g/mol. The maximum Gasteiger partial charge on any atom is 0.257 e. The van der Waals surface area contributed by atoms with Crippen LogP contribution in [0.2, 0.25) is 5.02 Å². The Hall–Kier alpha value is -3.73. The molecule has 0 radical (unpaired) electrons. The SMILES string of the molecule is CN(C)CCNC(=O)COc1ccc(-c2nc3ncc(Cl)c(N[C@]4(Cc5ccc(F)cc5)CCNC4)c3[nH]2)cc1. The van der Waals surface area contributed by atoms with E-state index in [2.05, 4.69) is 25.9 Å². The number of amides is 1. The predicted molar refractivity (Wildman–Crippen MR) is 155 cm³/mol. The first-order valence-electron chi connectivity index (χ1n) is 13.2. The highest BCUT2D eigenvalue weighted by Gasteiger charge is 2.35. The topological polar surface area (TPSA) is 107 Å². The fraction of sp³-hybridized carbons (Fsp3) is 0.345. The number of likely N-dealkylation sites (N-methyl/N-ethyl adjacent to an activating group) is 1. The fourth-order valence-corrected chi connectivity index (χ4v) is 5.01. The van der Waals surface area contributed by atoms with Gasteiger partial charge >= 0.3 is 0 Å². The molecule has 210 valence electrons. The van der Waals surface area contributed by atoms with Gasteiger partial charge in [0.2, 0.25) is 0 Å². The second-order valence-corrected chi connectivity index (χ2v) is 10.8. The van der Waals surface area contributed by atoms with Crippen molar-refractivity contribution in [2.24, 2.45) is 0 Å². The summed E-state index contributed by atoms with van der Waals surface area (Å²) in [5.41, 5.74) is 3.56. The number of halogens is 2. The number of aromatic amines is 1. The van der Waals surface area contributed by atoms with Crippen molar-refractivity contribution in [1.82, 2.24) is 30.5 Å². The zero-order valence-electron chi connectivity index (χ0n) is 22.6. The summed E-state index contributed by atoms with van der Waals surface area (Å²) in [6.07, 6.45) is 3.18. The first-order chi connectivity index (χ1) is 19.3. The molecule has 0 bridgehead atoms. The van der Waals surface area contributed by atoms with Gasteiger partial charge in [-0.1, -0.05) is 23.7 Å². The molecule has 0 spiro atoms. The van der Waals surface area contributed by atoms with Crippen LogP contribution < -0.4 is 20.7 Å². The Bertz CT molecular complexity index is 1450. The van der Waals surface area contributed by atoms with Crippen molar-refractivity contribution in [3.8, 4) is 17.1 Å². The number of fused-ring (bicyclic) bond motifs is 1. The summed E-state index contributed by atoms with van der Waals surface area (Å²) in [5, 5.41) is 10.4. The van der Waals surface area contributed by atoms with E-state index in [1.165, 1.54) is 12.1 Å². The summed E-state index contributed by atoms with van der Waals surface area (Å²) < 4.78 is 19.1. The summed E-state index contributed by atoms with van der Waals surface area (Å²) >= 11 is 6.66. The number of anilines is 1. The number of imidazole rings is 1. The van der Waals surface area contributed by atoms with Gasteiger partial charge in [-0.15, -0.1) is 0 Å². The van der Waals surface area contributed by atoms with E-state index in [0.717, 1.165) is 42.9 Å². The van der Waals surface area contributed by atoms with Crippen molar-refractivity contribution in [3.05, 3.63) is 71.1 Å². The quantitative estimate of drug-likeness (QED) is 0.219. The zero-order valence-corrected chi connectivity index (χ0v) is 23.3. The van der Waals surface area contributed by atoms with Crippen molar-refractivity contribution >= 4 is 34.4 Å². The number of aromatic nitrogens is 3. The predicted octanol–water partition coefficient (Wildman–Crippen LogP) is 3.86. The lowest BCUT2D eigenvalue weighted by atomic mass is 9.89. The maximum atomic E-state index is 13.5. The van der Waals surface area contributed by atoms with Gasteiger partial charge in [0.25, 0.3) is 5.91 Å². The first kappa shape index (κ1) is 27.8. The first-order valence-corrected chi connectivity index (χ1v) is 13.6. The largest absolute Gasteiger partial charge is 0.484 e. The molecule has 0 saturated carbocycles. The van der Waals surface area contributed by atoms with Crippen LogP contribution in [0.25, 0.3) is 22.6 Å². The van der Waals surface area contributed by atoms with E-state index in [1.54, 1.807) is 18.3 Å². The van der Waals surface area contributed by atoms with E-state index in [-0.39, 0.29) is 23.9 Å². The van der Waals surface area contributed by atoms with Crippen LogP contribution in [0.5, 0.6) is 5.75 Å². The Labute approximate surface area is 237 Å². The van der Waals surface area contributed by atoms with Crippen LogP contribution in [0.15, 0.2) is 54.7 Å². The van der Waals surface area contributed by atoms with Gasteiger partial charge in [0.15, 0.2) is 12.3 Å². The Kier molecular flexibility index (Phi) is 8.49. The lowest BCUT2D eigenvalue weighted by Crippen LogP contribution is -2.43. The fourth-order valence-electron chi connectivity index (χ4n) is 4.82. The molecule has 1 aliphatic heterocycles. The van der Waals surface area contributed by atoms with Crippen molar-refractivity contribution in [2.75, 3.05) is 52.2 Å². The number of benzene rings is 2. The third-order valence-electron chi connectivity index (χ3n) is 6.94. The molecule has 4 N–H and O–H groups in total. The Morgan fingerprint density at radius 2 is 1.95 bits per heavy atom. The summed E-state index contributed by atoms with van der Waals surface area (Å²) in [6.45, 7) is 2.88. The van der Waals surface area contributed by atoms with E-state index >= 15 is 0 Å². The molecule has 9 nitrogen and oxygen atoms in total. The van der Waals surface area contributed by atoms with E-state index in [1.807, 2.05) is 43.3 Å². The van der Waals surface area contributed by atoms with Gasteiger partial charge in [0.05, 0.1) is 22.4 Å². The number of rotatable bonds is 11. The average Bonchev–Trinajstić information content (AvgIpc) is 3.58. The molecule has 1 saturated heterocycles. The molecule has 1 aliphatic rings. The normalized spacial score (nSPS) is 16.9. The molecule has 2 aromatic carbocycles. The second-order valence-electron chi connectivity index (χ2n) is 10.4. The summed E-state index contributed by atoms with van der Waals surface area (Å²) in [4.78, 5) is 26.5. The standard InChI is InChI=1S/C29H33ClFN7O2/c1-38(2)14-13-33-24(39)17-40-22-9-5-20(6-10-22)27-35-26-25(23(30)16-34-28(26)36-27)37-29(11-12-32-18-29)15-19-3-7-21(31)8-4-19/h3-10,16,32H,11-15,17-18H2,1-2H3,(H,33,39)(H2,34,35,36,37)/t29-/m0/s1. The molecular weight excluding hydrogens is 533 g/mol. The third kappa shape index (κ3) is 6.70. The molecule has 2 aromatic heterocycles. The maximum absolute atomic E-state index is 13.5. The number of carbonyl (C=O) groups excluding carboxylic acids is 1. The zero-order chi connectivity index (χ0) is 28.1. The van der Waals surface area contributed by atoms with Gasteiger partial charge in [-0.2, -0.15) is 0 Å². The molecule has 1 amide bonds. The van der Waals surface area contributed by atoms with E-state index in [0.29, 0.717) is 40.7 Å². The van der Waals surface area contributed by atoms with E-state index in [9.17, 15) is 9.18 Å². The number of hydrogen-bond acceptors (Lipinski definition) is 7. The lowest BCUT2D eigenvalue weighted by molar-refractivity contribution is -0.123. The van der Waals surface area contributed by atoms with Crippen LogP contribution in [0.4, 0.5) is 10.1 Å². The van der Waals surface area contributed by atoms with Crippen molar-refractivity contribution in [2.45, 2.75) is 18.4 Å². The molecule has 1 fully saturated rings. The van der Waals surface area contributed by atoms with Gasteiger partial charge < -0.3 is 30.6 Å². The van der Waals surface area contributed by atoms with E-state index in [4.69, 9.17) is 21.3 Å². The Balaban J connectivity index is 1.31. The number of pyridine rings is 1. The van der Waals surface area contributed by atoms with Gasteiger partial charge in [0, 0.05) is 25.2 Å². The molecule has 1 atom stereocenters. The van der Waals surface area contributed by atoms with Crippen molar-refractivity contribution in [1.29, 1.82) is 0 Å². The number of nitrogens with zero attached hydrogens (tertiary/aromatic N) is 3. The van der Waals surface area contributed by atoms with Gasteiger partial charge in [-0.05, 0) is 75.4 Å². The van der Waals surface area contributed by atoms with Crippen molar-refractivity contribution in [3.63, 3.8) is 0 Å². The van der Waals surface area contributed by atoms with Crippen LogP contribution in [0.3, 0.4) is 0 Å². The highest BCUT2D eigenvalue weighted by atomic mass is 35.5. The molecule has 0 aliphatic carbocycles. The third-order valence-corrected chi connectivity index (χ3v) is 7.23. The second kappa shape index (κ2) is 12.2. The van der Waals surface area contributed by atoms with Gasteiger partial charge in [0.1, 0.15) is 22.9 Å².